The Bertz CT molecular complexity index is 761. The van der Waals surface area contributed by atoms with Crippen LogP contribution in [0.15, 0.2) is 21.9 Å². The molecular formula is C14H23N2O9P. The highest BCUT2D eigenvalue weighted by Crippen LogP contribution is 2.42. The van der Waals surface area contributed by atoms with Crippen LogP contribution in [0.25, 0.3) is 0 Å². The number of hydrogen-bond donors (Lipinski definition) is 2. The molecule has 2 rings (SSSR count). The van der Waals surface area contributed by atoms with E-state index in [0.29, 0.717) is 0 Å². The zero-order chi connectivity index (χ0) is 19.5. The van der Waals surface area contributed by atoms with Gasteiger partial charge in [-0.3, -0.25) is 18.9 Å². The summed E-state index contributed by atoms with van der Waals surface area (Å²) < 4.78 is 39.5. The predicted octanol–water partition coefficient (Wildman–Crippen LogP) is 0.00600. The van der Waals surface area contributed by atoms with Crippen molar-refractivity contribution < 1.29 is 32.9 Å². The van der Waals surface area contributed by atoms with E-state index in [1.807, 2.05) is 0 Å². The van der Waals surface area contributed by atoms with E-state index in [-0.39, 0.29) is 6.10 Å². The number of ether oxygens (including phenoxy) is 4. The van der Waals surface area contributed by atoms with Crippen LogP contribution < -0.4 is 11.2 Å². The summed E-state index contributed by atoms with van der Waals surface area (Å²) in [5, 5.41) is 0. The molecule has 11 nitrogen and oxygen atoms in total. The second kappa shape index (κ2) is 8.57. The SMILES string of the molecule is CO[C@@H]1[C@H](OC(C)C)[C@@H](OCP(=O)(O)OC)O[C@H]1n1ccc(=O)[nH]c1=O. The van der Waals surface area contributed by atoms with Gasteiger partial charge in [0.1, 0.15) is 12.2 Å². The molecule has 0 saturated carbocycles. The summed E-state index contributed by atoms with van der Waals surface area (Å²) >= 11 is 0. The molecule has 0 radical (unpaired) electrons. The smallest absolute Gasteiger partial charge is 0.353 e. The van der Waals surface area contributed by atoms with Gasteiger partial charge in [-0.05, 0) is 13.8 Å². The van der Waals surface area contributed by atoms with Crippen molar-refractivity contribution in [3.8, 4) is 0 Å². The number of aromatic nitrogens is 2. The number of nitrogens with one attached hydrogen (secondary N) is 1. The number of H-pyrrole nitrogens is 1. The van der Waals surface area contributed by atoms with Crippen molar-refractivity contribution in [3.05, 3.63) is 33.1 Å². The monoisotopic (exact) mass is 394 g/mol. The van der Waals surface area contributed by atoms with Crippen molar-refractivity contribution in [2.75, 3.05) is 20.6 Å². The molecule has 2 N–H and O–H groups in total. The van der Waals surface area contributed by atoms with Crippen molar-refractivity contribution in [1.29, 1.82) is 0 Å². The Morgan fingerprint density at radius 2 is 2.04 bits per heavy atom. The highest BCUT2D eigenvalue weighted by molar-refractivity contribution is 7.52. The van der Waals surface area contributed by atoms with Crippen LogP contribution in [0.3, 0.4) is 0 Å². The first kappa shape index (κ1) is 21.0. The third kappa shape index (κ3) is 4.89. The van der Waals surface area contributed by atoms with Gasteiger partial charge < -0.3 is 28.4 Å². The molecule has 0 amide bonds. The number of aromatic amines is 1. The Morgan fingerprint density at radius 1 is 1.35 bits per heavy atom. The third-order valence-corrected chi connectivity index (χ3v) is 4.71. The van der Waals surface area contributed by atoms with Crippen LogP contribution in [0, 0.1) is 0 Å². The fourth-order valence-electron chi connectivity index (χ4n) is 2.52. The molecule has 0 bridgehead atoms. The fourth-order valence-corrected chi connectivity index (χ4v) is 2.96. The van der Waals surface area contributed by atoms with E-state index in [1.165, 1.54) is 13.3 Å². The summed E-state index contributed by atoms with van der Waals surface area (Å²) in [6.07, 6.45) is -3.23. The Labute approximate surface area is 149 Å². The van der Waals surface area contributed by atoms with Crippen LogP contribution in [-0.4, -0.2) is 59.6 Å². The second-order valence-electron chi connectivity index (χ2n) is 5.88. The number of methoxy groups -OCH3 is 1. The zero-order valence-corrected chi connectivity index (χ0v) is 15.8. The number of rotatable bonds is 8. The molecule has 1 unspecified atom stereocenters. The first-order chi connectivity index (χ1) is 12.2. The zero-order valence-electron chi connectivity index (χ0n) is 14.9. The minimum Gasteiger partial charge on any atom is -0.374 e. The molecular weight excluding hydrogens is 371 g/mol. The minimum atomic E-state index is -3.94. The minimum absolute atomic E-state index is 0.234. The van der Waals surface area contributed by atoms with Gasteiger partial charge in [0.15, 0.2) is 18.9 Å². The summed E-state index contributed by atoms with van der Waals surface area (Å²) in [6.45, 7) is 3.57. The maximum atomic E-state index is 12.1. The van der Waals surface area contributed by atoms with Gasteiger partial charge >= 0.3 is 13.3 Å². The molecule has 0 aliphatic carbocycles. The highest BCUT2D eigenvalue weighted by Gasteiger charge is 2.49. The summed E-state index contributed by atoms with van der Waals surface area (Å²) in [5.74, 6) is 0. The van der Waals surface area contributed by atoms with Crippen molar-refractivity contribution >= 4 is 7.60 Å². The summed E-state index contributed by atoms with van der Waals surface area (Å²) in [6, 6.07) is 1.16. The van der Waals surface area contributed by atoms with Gasteiger partial charge in [0, 0.05) is 26.5 Å². The second-order valence-corrected chi connectivity index (χ2v) is 7.78. The van der Waals surface area contributed by atoms with Crippen LogP contribution in [0.4, 0.5) is 0 Å². The molecule has 0 spiro atoms. The predicted molar refractivity (Wildman–Crippen MR) is 88.8 cm³/mol. The number of hydrogen-bond acceptors (Lipinski definition) is 8. The summed E-state index contributed by atoms with van der Waals surface area (Å²) in [7, 11) is -1.45. The lowest BCUT2D eigenvalue weighted by Gasteiger charge is -2.25. The molecule has 2 heterocycles. The maximum absolute atomic E-state index is 12.1. The van der Waals surface area contributed by atoms with E-state index in [0.717, 1.165) is 17.7 Å². The van der Waals surface area contributed by atoms with Gasteiger partial charge in [-0.1, -0.05) is 0 Å². The standard InChI is InChI=1S/C14H23N2O9P/c1-8(2)24-11-10(21-3)12(16-6-5-9(17)15-14(16)18)25-13(11)23-7-26(19,20)22-4/h5-6,8,10-13H,7H2,1-4H3,(H,19,20)(H,15,17,18)/t10-,11+,12-,13+/m1/s1. The largest absolute Gasteiger partial charge is 0.374 e. The fraction of sp³-hybridized carbons (Fsp3) is 0.714. The van der Waals surface area contributed by atoms with Gasteiger partial charge in [0.05, 0.1) is 6.10 Å². The molecule has 0 aromatic carbocycles. The van der Waals surface area contributed by atoms with Crippen molar-refractivity contribution in [1.82, 2.24) is 9.55 Å². The first-order valence-corrected chi connectivity index (χ1v) is 9.59. The summed E-state index contributed by atoms with van der Waals surface area (Å²) in [5.41, 5.74) is -1.25. The van der Waals surface area contributed by atoms with Crippen LogP contribution in [-0.2, 0) is 28.0 Å². The molecule has 1 fully saturated rings. The van der Waals surface area contributed by atoms with Gasteiger partial charge in [0.25, 0.3) is 5.56 Å². The molecule has 1 aromatic rings. The summed E-state index contributed by atoms with van der Waals surface area (Å²) in [4.78, 5) is 35.0. The van der Waals surface area contributed by atoms with Gasteiger partial charge in [-0.2, -0.15) is 0 Å². The van der Waals surface area contributed by atoms with Crippen molar-refractivity contribution in [3.63, 3.8) is 0 Å². The van der Waals surface area contributed by atoms with E-state index in [9.17, 15) is 19.0 Å². The Hall–Kier alpha value is -1.33. The molecule has 5 atom stereocenters. The molecule has 26 heavy (non-hydrogen) atoms. The average Bonchev–Trinajstić information content (AvgIpc) is 2.89. The maximum Gasteiger partial charge on any atom is 0.353 e. The normalized spacial score (nSPS) is 28.4. The molecule has 12 heteroatoms. The van der Waals surface area contributed by atoms with E-state index in [1.54, 1.807) is 13.8 Å². The van der Waals surface area contributed by atoms with Crippen molar-refractivity contribution in [2.24, 2.45) is 0 Å². The van der Waals surface area contributed by atoms with Crippen LogP contribution in [0.1, 0.15) is 20.1 Å². The molecule has 148 valence electrons. The third-order valence-electron chi connectivity index (χ3n) is 3.66. The van der Waals surface area contributed by atoms with Crippen LogP contribution >= 0.6 is 7.60 Å². The lowest BCUT2D eigenvalue weighted by Crippen LogP contribution is -2.41. The highest BCUT2D eigenvalue weighted by atomic mass is 31.2. The van der Waals surface area contributed by atoms with Gasteiger partial charge in [-0.25, -0.2) is 4.79 Å². The lowest BCUT2D eigenvalue weighted by molar-refractivity contribution is -0.185. The van der Waals surface area contributed by atoms with E-state index >= 15 is 0 Å². The topological polar surface area (TPSA) is 138 Å². The molecule has 1 aliphatic heterocycles. The molecule has 1 aliphatic rings. The van der Waals surface area contributed by atoms with E-state index < -0.39 is 49.9 Å². The number of nitrogens with zero attached hydrogens (tertiary/aromatic N) is 1. The average molecular weight is 394 g/mol. The Morgan fingerprint density at radius 3 is 2.58 bits per heavy atom. The Kier molecular flexibility index (Phi) is 6.92. The van der Waals surface area contributed by atoms with Crippen molar-refractivity contribution in [2.45, 2.75) is 44.7 Å². The van der Waals surface area contributed by atoms with Gasteiger partial charge in [0.2, 0.25) is 0 Å². The molecule has 1 saturated heterocycles. The Balaban J connectivity index is 2.31. The van der Waals surface area contributed by atoms with Gasteiger partial charge in [-0.15, -0.1) is 0 Å². The first-order valence-electron chi connectivity index (χ1n) is 7.83. The van der Waals surface area contributed by atoms with Crippen LogP contribution in [0.5, 0.6) is 0 Å². The quantitative estimate of drug-likeness (QED) is 0.584. The van der Waals surface area contributed by atoms with E-state index in [2.05, 4.69) is 9.51 Å². The van der Waals surface area contributed by atoms with Crippen LogP contribution in [0.2, 0.25) is 0 Å². The van der Waals surface area contributed by atoms with E-state index in [4.69, 9.17) is 18.9 Å². The molecule has 1 aromatic heterocycles. The lowest BCUT2D eigenvalue weighted by atomic mass is 10.2.